The van der Waals surface area contributed by atoms with E-state index in [0.717, 1.165) is 78.0 Å². The predicted molar refractivity (Wildman–Crippen MR) is 191 cm³/mol. The summed E-state index contributed by atoms with van der Waals surface area (Å²) in [6, 6.07) is 53.5. The van der Waals surface area contributed by atoms with E-state index in [1.54, 1.807) is 0 Å². The molecule has 218 valence electrons. The molecule has 0 bridgehead atoms. The molecule has 0 fully saturated rings. The van der Waals surface area contributed by atoms with Gasteiger partial charge in [0, 0.05) is 33.3 Å². The van der Waals surface area contributed by atoms with E-state index in [0.29, 0.717) is 0 Å². The molecule has 5 aromatic carbocycles. The summed E-state index contributed by atoms with van der Waals surface area (Å²) >= 11 is 0. The van der Waals surface area contributed by atoms with Crippen molar-refractivity contribution in [3.8, 4) is 55.9 Å². The second-order valence-corrected chi connectivity index (χ2v) is 11.8. The Bertz CT molecular complexity index is 2360. The molecular weight excluding hydrogens is 558 g/mol. The molecule has 0 aliphatic heterocycles. The standard InChI is InChI=1S/C43H31N3/c1-28-16-17-34-22-23-38-39(24-29(2)45-43(38)42(34)44-28)35-14-9-15-36(25-35)41-27-37(26-40(46-41)33-12-7-4-8-13-33)32-20-18-31(19-21-32)30-10-5-3-6-11-30/h3-27H,1-2H3. The van der Waals surface area contributed by atoms with E-state index in [1.807, 2.05) is 13.0 Å². The van der Waals surface area contributed by atoms with Crippen molar-refractivity contribution in [1.29, 1.82) is 0 Å². The smallest absolute Gasteiger partial charge is 0.0974 e. The topological polar surface area (TPSA) is 38.7 Å². The van der Waals surface area contributed by atoms with Crippen molar-refractivity contribution in [2.24, 2.45) is 0 Å². The molecule has 0 unspecified atom stereocenters. The van der Waals surface area contributed by atoms with Crippen LogP contribution >= 0.6 is 0 Å². The maximum absolute atomic E-state index is 5.21. The van der Waals surface area contributed by atoms with Crippen molar-refractivity contribution in [2.75, 3.05) is 0 Å². The number of pyridine rings is 3. The lowest BCUT2D eigenvalue weighted by molar-refractivity contribution is 1.23. The molecule has 0 spiro atoms. The number of hydrogen-bond acceptors (Lipinski definition) is 3. The number of benzene rings is 5. The monoisotopic (exact) mass is 589 g/mol. The van der Waals surface area contributed by atoms with Crippen LogP contribution in [0.25, 0.3) is 77.7 Å². The molecule has 0 amide bonds. The van der Waals surface area contributed by atoms with Crippen LogP contribution in [0.1, 0.15) is 11.4 Å². The lowest BCUT2D eigenvalue weighted by atomic mass is 9.95. The first-order valence-electron chi connectivity index (χ1n) is 15.6. The van der Waals surface area contributed by atoms with Crippen LogP contribution in [-0.2, 0) is 0 Å². The predicted octanol–water partition coefficient (Wildman–Crippen LogP) is 11.1. The largest absolute Gasteiger partial charge is 0.251 e. The Hall–Kier alpha value is -5.93. The first kappa shape index (κ1) is 27.6. The van der Waals surface area contributed by atoms with E-state index in [2.05, 4.69) is 153 Å². The number of nitrogens with zero attached hydrogens (tertiary/aromatic N) is 3. The van der Waals surface area contributed by atoms with Crippen LogP contribution in [0, 0.1) is 13.8 Å². The molecule has 0 atom stereocenters. The maximum Gasteiger partial charge on any atom is 0.0974 e. The molecule has 0 saturated carbocycles. The summed E-state index contributed by atoms with van der Waals surface area (Å²) < 4.78 is 0. The van der Waals surface area contributed by atoms with Crippen molar-refractivity contribution < 1.29 is 0 Å². The number of aromatic nitrogens is 3. The molecule has 0 aliphatic carbocycles. The van der Waals surface area contributed by atoms with Crippen molar-refractivity contribution >= 4 is 21.8 Å². The quantitative estimate of drug-likeness (QED) is 0.187. The van der Waals surface area contributed by atoms with Gasteiger partial charge in [0.25, 0.3) is 0 Å². The molecule has 46 heavy (non-hydrogen) atoms. The summed E-state index contributed by atoms with van der Waals surface area (Å²) in [6.07, 6.45) is 0. The highest BCUT2D eigenvalue weighted by atomic mass is 14.8. The van der Waals surface area contributed by atoms with Gasteiger partial charge in [-0.15, -0.1) is 0 Å². The third-order valence-electron chi connectivity index (χ3n) is 8.60. The van der Waals surface area contributed by atoms with Gasteiger partial charge in [0.1, 0.15) is 0 Å². The average Bonchev–Trinajstić information content (AvgIpc) is 3.12. The summed E-state index contributed by atoms with van der Waals surface area (Å²) in [5.41, 5.74) is 14.8. The third-order valence-corrected chi connectivity index (χ3v) is 8.60. The minimum Gasteiger partial charge on any atom is -0.251 e. The number of rotatable bonds is 5. The number of fused-ring (bicyclic) bond motifs is 3. The molecule has 3 heteroatoms. The minimum atomic E-state index is 0.933. The Balaban J connectivity index is 1.26. The maximum atomic E-state index is 5.21. The van der Waals surface area contributed by atoms with Crippen LogP contribution in [0.3, 0.4) is 0 Å². The molecular formula is C43H31N3. The molecule has 0 saturated heterocycles. The van der Waals surface area contributed by atoms with Gasteiger partial charge in [-0.1, -0.05) is 121 Å². The average molecular weight is 590 g/mol. The Morgan fingerprint density at radius 3 is 1.65 bits per heavy atom. The molecule has 8 rings (SSSR count). The minimum absolute atomic E-state index is 0.933. The van der Waals surface area contributed by atoms with Crippen molar-refractivity contribution in [2.45, 2.75) is 13.8 Å². The molecule has 0 N–H and O–H groups in total. The zero-order valence-corrected chi connectivity index (χ0v) is 25.8. The third kappa shape index (κ3) is 5.22. The van der Waals surface area contributed by atoms with Gasteiger partial charge in [-0.2, -0.15) is 0 Å². The molecule has 3 aromatic heterocycles. The lowest BCUT2D eigenvalue weighted by Gasteiger charge is -2.13. The van der Waals surface area contributed by atoms with Gasteiger partial charge in [-0.25, -0.2) is 4.98 Å². The fourth-order valence-corrected chi connectivity index (χ4v) is 6.27. The second-order valence-electron chi connectivity index (χ2n) is 11.8. The van der Waals surface area contributed by atoms with E-state index in [9.17, 15) is 0 Å². The van der Waals surface area contributed by atoms with Gasteiger partial charge < -0.3 is 0 Å². The SMILES string of the molecule is Cc1ccc2ccc3c(-c4cccc(-c5cc(-c6ccc(-c7ccccc7)cc6)cc(-c6ccccc6)n5)c4)cc(C)nc3c2n1. The molecule has 3 heterocycles. The fourth-order valence-electron chi connectivity index (χ4n) is 6.27. The van der Waals surface area contributed by atoms with Crippen LogP contribution in [0.15, 0.2) is 152 Å². The van der Waals surface area contributed by atoms with Crippen LogP contribution < -0.4 is 0 Å². The van der Waals surface area contributed by atoms with E-state index >= 15 is 0 Å². The molecule has 3 nitrogen and oxygen atoms in total. The summed E-state index contributed by atoms with van der Waals surface area (Å²) in [4.78, 5) is 15.0. The summed E-state index contributed by atoms with van der Waals surface area (Å²) in [5.74, 6) is 0. The van der Waals surface area contributed by atoms with Crippen LogP contribution in [0.4, 0.5) is 0 Å². The van der Waals surface area contributed by atoms with Crippen LogP contribution in [-0.4, -0.2) is 15.0 Å². The van der Waals surface area contributed by atoms with Gasteiger partial charge in [-0.3, -0.25) is 9.97 Å². The van der Waals surface area contributed by atoms with Crippen molar-refractivity contribution in [3.05, 3.63) is 163 Å². The molecule has 0 aliphatic rings. The first-order valence-corrected chi connectivity index (χ1v) is 15.6. The van der Waals surface area contributed by atoms with E-state index in [4.69, 9.17) is 15.0 Å². The lowest BCUT2D eigenvalue weighted by Crippen LogP contribution is -1.94. The zero-order valence-electron chi connectivity index (χ0n) is 25.8. The molecule has 0 radical (unpaired) electrons. The van der Waals surface area contributed by atoms with Gasteiger partial charge in [0.2, 0.25) is 0 Å². The zero-order chi connectivity index (χ0) is 31.0. The number of hydrogen-bond donors (Lipinski definition) is 0. The van der Waals surface area contributed by atoms with Gasteiger partial charge in [-0.05, 0) is 77.6 Å². The van der Waals surface area contributed by atoms with Gasteiger partial charge in [0.05, 0.1) is 22.4 Å². The Morgan fingerprint density at radius 1 is 0.348 bits per heavy atom. The first-order chi connectivity index (χ1) is 22.6. The van der Waals surface area contributed by atoms with E-state index in [1.165, 1.54) is 11.1 Å². The van der Waals surface area contributed by atoms with Crippen LogP contribution in [0.5, 0.6) is 0 Å². The van der Waals surface area contributed by atoms with Gasteiger partial charge in [0.15, 0.2) is 0 Å². The van der Waals surface area contributed by atoms with Crippen LogP contribution in [0.2, 0.25) is 0 Å². The summed E-state index contributed by atoms with van der Waals surface area (Å²) in [7, 11) is 0. The second kappa shape index (κ2) is 11.5. The Labute approximate surface area is 268 Å². The summed E-state index contributed by atoms with van der Waals surface area (Å²) in [6.45, 7) is 4.09. The summed E-state index contributed by atoms with van der Waals surface area (Å²) in [5, 5.41) is 2.20. The highest BCUT2D eigenvalue weighted by Gasteiger charge is 2.14. The Kier molecular flexibility index (Phi) is 6.92. The van der Waals surface area contributed by atoms with Crippen molar-refractivity contribution in [3.63, 3.8) is 0 Å². The molecule has 8 aromatic rings. The van der Waals surface area contributed by atoms with E-state index in [-0.39, 0.29) is 0 Å². The Morgan fingerprint density at radius 2 is 0.913 bits per heavy atom. The highest BCUT2D eigenvalue weighted by Crippen LogP contribution is 2.36. The van der Waals surface area contributed by atoms with Gasteiger partial charge >= 0.3 is 0 Å². The van der Waals surface area contributed by atoms with E-state index < -0.39 is 0 Å². The fraction of sp³-hybridized carbons (Fsp3) is 0.0465. The normalized spacial score (nSPS) is 11.3. The number of aryl methyl sites for hydroxylation is 2. The highest BCUT2D eigenvalue weighted by molar-refractivity contribution is 6.08. The van der Waals surface area contributed by atoms with Crippen molar-refractivity contribution in [1.82, 2.24) is 15.0 Å².